The van der Waals surface area contributed by atoms with E-state index in [1.165, 1.54) is 0 Å². The molecule has 2 aliphatic rings. The van der Waals surface area contributed by atoms with Gasteiger partial charge in [0, 0.05) is 38.0 Å². The van der Waals surface area contributed by atoms with Gasteiger partial charge in [-0.15, -0.1) is 0 Å². The average molecular weight is 400 g/mol. The van der Waals surface area contributed by atoms with Gasteiger partial charge in [-0.25, -0.2) is 0 Å². The van der Waals surface area contributed by atoms with Crippen molar-refractivity contribution in [2.75, 3.05) is 19.6 Å². The van der Waals surface area contributed by atoms with Crippen LogP contribution in [-0.4, -0.2) is 59.2 Å². The molecular weight excluding hydrogens is 366 g/mol. The molecule has 3 rings (SSSR count). The summed E-state index contributed by atoms with van der Waals surface area (Å²) in [6.45, 7) is 7.55. The molecule has 6 nitrogen and oxygen atoms in total. The smallest absolute Gasteiger partial charge is 0.245 e. The minimum absolute atomic E-state index is 0.00427. The highest BCUT2D eigenvalue weighted by atomic mass is 16.2. The van der Waals surface area contributed by atoms with Gasteiger partial charge in [-0.2, -0.15) is 0 Å². The van der Waals surface area contributed by atoms with E-state index in [4.69, 9.17) is 0 Å². The van der Waals surface area contributed by atoms with Crippen molar-refractivity contribution in [1.29, 1.82) is 0 Å². The molecule has 1 aromatic carbocycles. The van der Waals surface area contributed by atoms with Crippen LogP contribution < -0.4 is 5.32 Å². The Morgan fingerprint density at radius 3 is 2.38 bits per heavy atom. The van der Waals surface area contributed by atoms with E-state index in [9.17, 15) is 14.4 Å². The highest BCUT2D eigenvalue weighted by Crippen LogP contribution is 2.32. The standard InChI is InChI=1S/C23H33N3O3/c1-16(2)21(24-20(27)12-9-18-7-5-4-6-8-18)23(29)25-13-14-26(17(3)15-25)22(28)19-10-11-19/h4-8,16-17,19,21H,9-15H2,1-3H3,(H,24,27). The monoisotopic (exact) mass is 399 g/mol. The van der Waals surface area contributed by atoms with E-state index < -0.39 is 6.04 Å². The molecular formula is C23H33N3O3. The van der Waals surface area contributed by atoms with Gasteiger partial charge in [0.2, 0.25) is 17.7 Å². The maximum absolute atomic E-state index is 13.1. The fourth-order valence-corrected chi connectivity index (χ4v) is 3.91. The Labute approximate surface area is 173 Å². The molecule has 1 heterocycles. The molecule has 2 fully saturated rings. The third kappa shape index (κ3) is 5.58. The average Bonchev–Trinajstić information content (AvgIpc) is 3.55. The molecule has 1 aliphatic heterocycles. The second-order valence-electron chi connectivity index (χ2n) is 8.71. The van der Waals surface area contributed by atoms with E-state index in [0.29, 0.717) is 32.5 Å². The van der Waals surface area contributed by atoms with E-state index in [0.717, 1.165) is 18.4 Å². The Hall–Kier alpha value is -2.37. The maximum Gasteiger partial charge on any atom is 0.245 e. The zero-order valence-electron chi connectivity index (χ0n) is 17.8. The van der Waals surface area contributed by atoms with Crippen LogP contribution in [0, 0.1) is 11.8 Å². The summed E-state index contributed by atoms with van der Waals surface area (Å²) in [6, 6.07) is 9.36. The van der Waals surface area contributed by atoms with Gasteiger partial charge in [0.25, 0.3) is 0 Å². The van der Waals surface area contributed by atoms with Crippen LogP contribution >= 0.6 is 0 Å². The fraction of sp³-hybridized carbons (Fsp3) is 0.609. The highest BCUT2D eigenvalue weighted by molar-refractivity contribution is 5.88. The van der Waals surface area contributed by atoms with Crippen molar-refractivity contribution in [3.63, 3.8) is 0 Å². The van der Waals surface area contributed by atoms with Gasteiger partial charge in [0.15, 0.2) is 0 Å². The molecule has 29 heavy (non-hydrogen) atoms. The van der Waals surface area contributed by atoms with E-state index in [1.54, 1.807) is 0 Å². The Morgan fingerprint density at radius 2 is 1.79 bits per heavy atom. The van der Waals surface area contributed by atoms with Crippen LogP contribution in [0.3, 0.4) is 0 Å². The maximum atomic E-state index is 13.1. The Kier molecular flexibility index (Phi) is 6.93. The van der Waals surface area contributed by atoms with Crippen molar-refractivity contribution in [2.24, 2.45) is 11.8 Å². The predicted molar refractivity (Wildman–Crippen MR) is 112 cm³/mol. The third-order valence-corrected chi connectivity index (χ3v) is 5.88. The Bertz CT molecular complexity index is 730. The van der Waals surface area contributed by atoms with Crippen molar-refractivity contribution in [1.82, 2.24) is 15.1 Å². The number of carbonyl (C=O) groups excluding carboxylic acids is 3. The normalized spacial score (nSPS) is 20.5. The van der Waals surface area contributed by atoms with Gasteiger partial charge in [-0.3, -0.25) is 14.4 Å². The Balaban J connectivity index is 1.53. The molecule has 6 heteroatoms. The van der Waals surface area contributed by atoms with Crippen LogP contribution in [0.2, 0.25) is 0 Å². The minimum atomic E-state index is -0.531. The lowest BCUT2D eigenvalue weighted by Crippen LogP contribution is -2.60. The first-order valence-electron chi connectivity index (χ1n) is 10.8. The van der Waals surface area contributed by atoms with Crippen molar-refractivity contribution in [3.05, 3.63) is 35.9 Å². The van der Waals surface area contributed by atoms with Crippen LogP contribution in [-0.2, 0) is 20.8 Å². The number of carbonyl (C=O) groups is 3. The summed E-state index contributed by atoms with van der Waals surface area (Å²) in [5, 5.41) is 2.95. The lowest BCUT2D eigenvalue weighted by Gasteiger charge is -2.41. The predicted octanol–water partition coefficient (Wildman–Crippen LogP) is 2.23. The van der Waals surface area contributed by atoms with Crippen LogP contribution in [0.25, 0.3) is 0 Å². The summed E-state index contributed by atoms with van der Waals surface area (Å²) in [5.74, 6) is 0.297. The fourth-order valence-electron chi connectivity index (χ4n) is 3.91. The second kappa shape index (κ2) is 9.42. The van der Waals surface area contributed by atoms with Crippen LogP contribution in [0.15, 0.2) is 30.3 Å². The number of rotatable bonds is 7. The Morgan fingerprint density at radius 1 is 1.10 bits per heavy atom. The lowest BCUT2D eigenvalue weighted by atomic mass is 10.0. The van der Waals surface area contributed by atoms with E-state index in [2.05, 4.69) is 5.32 Å². The lowest BCUT2D eigenvalue weighted by molar-refractivity contribution is -0.145. The van der Waals surface area contributed by atoms with Gasteiger partial charge >= 0.3 is 0 Å². The molecule has 3 amide bonds. The van der Waals surface area contributed by atoms with Crippen molar-refractivity contribution >= 4 is 17.7 Å². The molecule has 0 bridgehead atoms. The van der Waals surface area contributed by atoms with Gasteiger partial charge in [-0.1, -0.05) is 44.2 Å². The number of nitrogens with zero attached hydrogens (tertiary/aromatic N) is 2. The third-order valence-electron chi connectivity index (χ3n) is 5.88. The summed E-state index contributed by atoms with van der Waals surface area (Å²) in [4.78, 5) is 41.7. The number of nitrogens with one attached hydrogen (secondary N) is 1. The van der Waals surface area contributed by atoms with Crippen molar-refractivity contribution in [3.8, 4) is 0 Å². The first kappa shape index (κ1) is 21.3. The summed E-state index contributed by atoms with van der Waals surface area (Å²) in [7, 11) is 0. The number of benzene rings is 1. The molecule has 1 aliphatic carbocycles. The highest BCUT2D eigenvalue weighted by Gasteiger charge is 2.39. The van der Waals surface area contributed by atoms with Gasteiger partial charge in [0.1, 0.15) is 6.04 Å². The van der Waals surface area contributed by atoms with E-state index in [-0.39, 0.29) is 35.6 Å². The van der Waals surface area contributed by atoms with Gasteiger partial charge in [-0.05, 0) is 37.7 Å². The number of amides is 3. The molecule has 2 unspecified atom stereocenters. The molecule has 0 aromatic heterocycles. The number of aryl methyl sites for hydroxylation is 1. The number of hydrogen-bond donors (Lipinski definition) is 1. The van der Waals surface area contributed by atoms with Gasteiger partial charge < -0.3 is 15.1 Å². The SMILES string of the molecule is CC(C)C(NC(=O)CCc1ccccc1)C(=O)N1CCN(C(=O)C2CC2)C(C)C1. The molecule has 1 N–H and O–H groups in total. The molecule has 1 aromatic rings. The van der Waals surface area contributed by atoms with Crippen LogP contribution in [0.4, 0.5) is 0 Å². The first-order chi connectivity index (χ1) is 13.9. The largest absolute Gasteiger partial charge is 0.344 e. The summed E-state index contributed by atoms with van der Waals surface area (Å²) >= 11 is 0. The number of piperazine rings is 1. The molecule has 2 atom stereocenters. The summed E-state index contributed by atoms with van der Waals surface area (Å²) in [6.07, 6.45) is 3.01. The zero-order chi connectivity index (χ0) is 21.0. The first-order valence-corrected chi connectivity index (χ1v) is 10.8. The van der Waals surface area contributed by atoms with Crippen molar-refractivity contribution < 1.29 is 14.4 Å². The molecule has 158 valence electrons. The molecule has 1 saturated carbocycles. The topological polar surface area (TPSA) is 69.7 Å². The summed E-state index contributed by atoms with van der Waals surface area (Å²) in [5.41, 5.74) is 1.11. The van der Waals surface area contributed by atoms with Gasteiger partial charge in [0.05, 0.1) is 0 Å². The molecule has 0 radical (unpaired) electrons. The van der Waals surface area contributed by atoms with Crippen molar-refractivity contribution in [2.45, 2.75) is 58.5 Å². The molecule has 0 spiro atoms. The van der Waals surface area contributed by atoms with Crippen LogP contribution in [0.5, 0.6) is 0 Å². The second-order valence-corrected chi connectivity index (χ2v) is 8.71. The van der Waals surface area contributed by atoms with Crippen LogP contribution in [0.1, 0.15) is 45.6 Å². The zero-order valence-corrected chi connectivity index (χ0v) is 17.8. The van der Waals surface area contributed by atoms with E-state index in [1.807, 2.05) is 60.9 Å². The van der Waals surface area contributed by atoms with E-state index >= 15 is 0 Å². The quantitative estimate of drug-likeness (QED) is 0.764. The minimum Gasteiger partial charge on any atom is -0.344 e. The number of hydrogen-bond acceptors (Lipinski definition) is 3. The summed E-state index contributed by atoms with van der Waals surface area (Å²) < 4.78 is 0. The molecule has 1 saturated heterocycles.